The summed E-state index contributed by atoms with van der Waals surface area (Å²) < 4.78 is 27.5. The van der Waals surface area contributed by atoms with Crippen molar-refractivity contribution in [3.8, 4) is 5.69 Å². The van der Waals surface area contributed by atoms with Crippen molar-refractivity contribution in [2.75, 3.05) is 12.8 Å². The Morgan fingerprint density at radius 1 is 1.30 bits per heavy atom. The first-order chi connectivity index (χ1) is 9.35. The van der Waals surface area contributed by atoms with Crippen molar-refractivity contribution >= 4 is 15.7 Å². The van der Waals surface area contributed by atoms with Crippen LogP contribution in [0.15, 0.2) is 35.4 Å². The van der Waals surface area contributed by atoms with Gasteiger partial charge < -0.3 is 5.73 Å². The molecule has 1 aromatic carbocycles. The van der Waals surface area contributed by atoms with Crippen LogP contribution in [0.1, 0.15) is 25.5 Å². The lowest BCUT2D eigenvalue weighted by Crippen LogP contribution is -2.19. The Labute approximate surface area is 118 Å². The summed E-state index contributed by atoms with van der Waals surface area (Å²) in [5.41, 5.74) is 7.86. The molecule has 0 atom stereocenters. The van der Waals surface area contributed by atoms with Gasteiger partial charge in [-0.25, -0.2) is 17.8 Å². The largest absolute Gasteiger partial charge is 0.397 e. The highest BCUT2D eigenvalue weighted by molar-refractivity contribution is 7.89. The molecule has 20 heavy (non-hydrogen) atoms. The number of aromatic nitrogens is 2. The summed E-state index contributed by atoms with van der Waals surface area (Å²) in [5.74, 6) is 0.293. The molecule has 0 unspecified atom stereocenters. The first-order valence-corrected chi connectivity index (χ1v) is 7.72. The van der Waals surface area contributed by atoms with E-state index < -0.39 is 10.0 Å². The quantitative estimate of drug-likeness (QED) is 0.836. The van der Waals surface area contributed by atoms with Crippen LogP contribution in [-0.2, 0) is 10.0 Å². The molecule has 1 aromatic heterocycles. The first-order valence-electron chi connectivity index (χ1n) is 6.24. The molecule has 3 N–H and O–H groups in total. The van der Waals surface area contributed by atoms with Crippen LogP contribution >= 0.6 is 0 Å². The van der Waals surface area contributed by atoms with Crippen molar-refractivity contribution in [1.29, 1.82) is 0 Å². The molecule has 1 heterocycles. The minimum Gasteiger partial charge on any atom is -0.397 e. The highest BCUT2D eigenvalue weighted by Gasteiger charge is 2.15. The fourth-order valence-electron chi connectivity index (χ4n) is 1.79. The summed E-state index contributed by atoms with van der Waals surface area (Å²) in [6.45, 7) is 4.08. The summed E-state index contributed by atoms with van der Waals surface area (Å²) in [5, 5.41) is 4.41. The van der Waals surface area contributed by atoms with Crippen LogP contribution < -0.4 is 10.5 Å². The molecular formula is C13H18N4O2S. The van der Waals surface area contributed by atoms with Gasteiger partial charge in [-0.1, -0.05) is 13.8 Å². The Balaban J connectivity index is 2.53. The van der Waals surface area contributed by atoms with Gasteiger partial charge in [-0.3, -0.25) is 0 Å². The van der Waals surface area contributed by atoms with Gasteiger partial charge in [-0.05, 0) is 37.2 Å². The van der Waals surface area contributed by atoms with Crippen molar-refractivity contribution in [1.82, 2.24) is 14.5 Å². The third kappa shape index (κ3) is 2.68. The van der Waals surface area contributed by atoms with E-state index in [-0.39, 0.29) is 4.90 Å². The summed E-state index contributed by atoms with van der Waals surface area (Å²) in [4.78, 5) is 0.158. The average molecular weight is 294 g/mol. The SMILES string of the molecule is CNS(=O)(=O)c1ccc(N)c(-n2ccc(C(C)C)n2)c1. The van der Waals surface area contributed by atoms with E-state index in [0.29, 0.717) is 17.3 Å². The summed E-state index contributed by atoms with van der Waals surface area (Å²) in [7, 11) is -2.13. The standard InChI is InChI=1S/C13H18N4O2S/c1-9(2)12-6-7-17(16-12)13-8-10(4-5-11(13)14)20(18,19)15-3/h4-9,15H,14H2,1-3H3. The first kappa shape index (κ1) is 14.5. The molecule has 0 aliphatic carbocycles. The number of hydrogen-bond acceptors (Lipinski definition) is 4. The number of nitrogens with zero attached hydrogens (tertiary/aromatic N) is 2. The summed E-state index contributed by atoms with van der Waals surface area (Å²) in [6.07, 6.45) is 1.77. The second-order valence-corrected chi connectivity index (χ2v) is 6.65. The predicted octanol–water partition coefficient (Wildman–Crippen LogP) is 1.49. The van der Waals surface area contributed by atoms with Crippen LogP contribution in [0.3, 0.4) is 0 Å². The predicted molar refractivity (Wildman–Crippen MR) is 78.3 cm³/mol. The van der Waals surface area contributed by atoms with E-state index in [1.807, 2.05) is 19.9 Å². The number of hydrogen-bond donors (Lipinski definition) is 2. The number of nitrogens with two attached hydrogens (primary N) is 1. The molecule has 0 aliphatic rings. The van der Waals surface area contributed by atoms with E-state index in [4.69, 9.17) is 5.73 Å². The van der Waals surface area contributed by atoms with Crippen molar-refractivity contribution in [2.24, 2.45) is 0 Å². The molecule has 7 heteroatoms. The molecule has 0 saturated heterocycles. The van der Waals surface area contributed by atoms with Gasteiger partial charge in [0.05, 0.1) is 22.0 Å². The fraction of sp³-hybridized carbons (Fsp3) is 0.308. The molecule has 0 aliphatic heterocycles. The van der Waals surface area contributed by atoms with Crippen molar-refractivity contribution in [3.05, 3.63) is 36.2 Å². The van der Waals surface area contributed by atoms with Gasteiger partial charge in [0.2, 0.25) is 10.0 Å². The van der Waals surface area contributed by atoms with Crippen molar-refractivity contribution < 1.29 is 8.42 Å². The van der Waals surface area contributed by atoms with Crippen molar-refractivity contribution in [3.63, 3.8) is 0 Å². The third-order valence-corrected chi connectivity index (χ3v) is 4.44. The van der Waals surface area contributed by atoms with Crippen molar-refractivity contribution in [2.45, 2.75) is 24.7 Å². The van der Waals surface area contributed by atoms with Crippen LogP contribution in [0.5, 0.6) is 0 Å². The number of anilines is 1. The van der Waals surface area contributed by atoms with Gasteiger partial charge in [0.25, 0.3) is 0 Å². The van der Waals surface area contributed by atoms with Gasteiger partial charge in [-0.15, -0.1) is 0 Å². The molecule has 0 saturated carbocycles. The van der Waals surface area contributed by atoms with E-state index in [0.717, 1.165) is 5.69 Å². The normalized spacial score (nSPS) is 12.0. The lowest BCUT2D eigenvalue weighted by Gasteiger charge is -2.09. The molecule has 108 valence electrons. The number of sulfonamides is 1. The summed E-state index contributed by atoms with van der Waals surface area (Å²) >= 11 is 0. The zero-order valence-corrected chi connectivity index (χ0v) is 12.5. The van der Waals surface area contributed by atoms with Crippen LogP contribution in [-0.4, -0.2) is 25.2 Å². The molecular weight excluding hydrogens is 276 g/mol. The fourth-order valence-corrected chi connectivity index (χ4v) is 2.54. The maximum absolute atomic E-state index is 11.8. The smallest absolute Gasteiger partial charge is 0.240 e. The average Bonchev–Trinajstić information content (AvgIpc) is 2.88. The molecule has 2 aromatic rings. The zero-order valence-electron chi connectivity index (χ0n) is 11.7. The van der Waals surface area contributed by atoms with E-state index >= 15 is 0 Å². The lowest BCUT2D eigenvalue weighted by molar-refractivity contribution is 0.588. The van der Waals surface area contributed by atoms with E-state index in [1.165, 1.54) is 19.2 Å². The molecule has 0 bridgehead atoms. The van der Waals surface area contributed by atoms with Gasteiger partial charge in [0.15, 0.2) is 0 Å². The second kappa shape index (κ2) is 5.26. The highest BCUT2D eigenvalue weighted by atomic mass is 32.2. The van der Waals surface area contributed by atoms with E-state index in [9.17, 15) is 8.42 Å². The maximum Gasteiger partial charge on any atom is 0.240 e. The van der Waals surface area contributed by atoms with Crippen LogP contribution in [0.4, 0.5) is 5.69 Å². The lowest BCUT2D eigenvalue weighted by atomic mass is 10.1. The van der Waals surface area contributed by atoms with Crippen LogP contribution in [0, 0.1) is 0 Å². The van der Waals surface area contributed by atoms with E-state index in [2.05, 4.69) is 9.82 Å². The summed E-state index contributed by atoms with van der Waals surface area (Å²) in [6, 6.07) is 6.44. The van der Waals surface area contributed by atoms with Gasteiger partial charge in [-0.2, -0.15) is 5.10 Å². The third-order valence-electron chi connectivity index (χ3n) is 3.03. The second-order valence-electron chi connectivity index (χ2n) is 4.77. The zero-order chi connectivity index (χ0) is 14.9. The molecule has 0 spiro atoms. The molecule has 0 fully saturated rings. The monoisotopic (exact) mass is 294 g/mol. The van der Waals surface area contributed by atoms with Crippen LogP contribution in [0.2, 0.25) is 0 Å². The Morgan fingerprint density at radius 3 is 2.55 bits per heavy atom. The number of nitrogens with one attached hydrogen (secondary N) is 1. The topological polar surface area (TPSA) is 90.0 Å². The number of benzene rings is 1. The minimum absolute atomic E-state index is 0.158. The van der Waals surface area contributed by atoms with Gasteiger partial charge >= 0.3 is 0 Å². The number of nitrogen functional groups attached to an aromatic ring is 1. The van der Waals surface area contributed by atoms with Gasteiger partial charge in [0.1, 0.15) is 0 Å². The molecule has 2 rings (SSSR count). The Kier molecular flexibility index (Phi) is 3.82. The van der Waals surface area contributed by atoms with Gasteiger partial charge in [0, 0.05) is 6.20 Å². The van der Waals surface area contributed by atoms with E-state index in [1.54, 1.807) is 16.9 Å². The number of rotatable bonds is 4. The Bertz CT molecular complexity index is 720. The Morgan fingerprint density at radius 2 is 2.00 bits per heavy atom. The molecule has 0 radical (unpaired) electrons. The Hall–Kier alpha value is -1.86. The van der Waals surface area contributed by atoms with Crippen LogP contribution in [0.25, 0.3) is 5.69 Å². The molecule has 6 nitrogen and oxygen atoms in total. The maximum atomic E-state index is 11.8. The minimum atomic E-state index is -3.50. The molecule has 0 amide bonds. The highest BCUT2D eigenvalue weighted by Crippen LogP contribution is 2.22.